The number of benzene rings is 1. The third-order valence-electron chi connectivity index (χ3n) is 2.01. The molecule has 2 rings (SSSR count). The fourth-order valence-electron chi connectivity index (χ4n) is 1.34. The van der Waals surface area contributed by atoms with E-state index in [0.29, 0.717) is 11.3 Å². The molecule has 0 bridgehead atoms. The Morgan fingerprint density at radius 1 is 1.25 bits per heavy atom. The lowest BCUT2D eigenvalue weighted by Crippen LogP contribution is -2.04. The lowest BCUT2D eigenvalue weighted by atomic mass is 10.1. The quantitative estimate of drug-likeness (QED) is 0.771. The van der Waals surface area contributed by atoms with E-state index in [4.69, 9.17) is 0 Å². The molecule has 0 aliphatic rings. The molecule has 0 aliphatic carbocycles. The maximum atomic E-state index is 12.9. The summed E-state index contributed by atoms with van der Waals surface area (Å²) < 4.78 is 25.7. The van der Waals surface area contributed by atoms with Crippen molar-refractivity contribution in [3.63, 3.8) is 0 Å². The molecule has 0 spiro atoms. The molecule has 1 aromatic carbocycles. The zero-order valence-electron chi connectivity index (χ0n) is 8.11. The highest BCUT2D eigenvalue weighted by atomic mass is 32.1. The maximum Gasteiger partial charge on any atom is 0.186 e. The van der Waals surface area contributed by atoms with Crippen molar-refractivity contribution >= 4 is 17.1 Å². The highest BCUT2D eigenvalue weighted by molar-refractivity contribution is 7.07. The number of ketones is 1. The van der Waals surface area contributed by atoms with Crippen molar-refractivity contribution in [3.8, 4) is 0 Å². The van der Waals surface area contributed by atoms with Gasteiger partial charge in [-0.3, -0.25) is 4.79 Å². The van der Waals surface area contributed by atoms with Gasteiger partial charge in [0.15, 0.2) is 5.78 Å². The van der Waals surface area contributed by atoms with Crippen molar-refractivity contribution < 1.29 is 13.6 Å². The first-order valence-electron chi connectivity index (χ1n) is 4.51. The molecule has 5 heteroatoms. The molecule has 2 nitrogen and oxygen atoms in total. The average Bonchev–Trinajstić information content (AvgIpc) is 2.68. The summed E-state index contributed by atoms with van der Waals surface area (Å²) in [6, 6.07) is 3.07. The topological polar surface area (TPSA) is 30.0 Å². The number of aromatic nitrogens is 1. The zero-order valence-corrected chi connectivity index (χ0v) is 8.93. The predicted molar refractivity (Wildman–Crippen MR) is 56.5 cm³/mol. The van der Waals surface area contributed by atoms with Crippen LogP contribution in [0, 0.1) is 11.6 Å². The van der Waals surface area contributed by atoms with Crippen molar-refractivity contribution in [3.05, 3.63) is 52.0 Å². The van der Waals surface area contributed by atoms with Gasteiger partial charge in [-0.1, -0.05) is 0 Å². The second kappa shape index (κ2) is 4.49. The number of rotatable bonds is 3. The molecule has 82 valence electrons. The largest absolute Gasteiger partial charge is 0.292 e. The van der Waals surface area contributed by atoms with Crippen molar-refractivity contribution in [2.24, 2.45) is 0 Å². The number of thiazole rings is 1. The molecule has 0 atom stereocenters. The van der Waals surface area contributed by atoms with Crippen LogP contribution in [0.3, 0.4) is 0 Å². The minimum atomic E-state index is -0.680. The number of halogens is 2. The summed E-state index contributed by atoms with van der Waals surface area (Å²) in [5.41, 5.74) is 2.18. The van der Waals surface area contributed by atoms with E-state index in [1.165, 1.54) is 11.3 Å². The Morgan fingerprint density at radius 2 is 1.94 bits per heavy atom. The Kier molecular flexibility index (Phi) is 3.05. The number of carbonyl (C=O) groups is 1. The molecule has 16 heavy (non-hydrogen) atoms. The Hall–Kier alpha value is -1.62. The molecule has 0 radical (unpaired) electrons. The lowest BCUT2D eigenvalue weighted by Gasteiger charge is -1.99. The molecule has 2 aromatic rings. The molecule has 0 saturated carbocycles. The molecule has 1 aromatic heterocycles. The van der Waals surface area contributed by atoms with Crippen molar-refractivity contribution in [2.45, 2.75) is 6.42 Å². The summed E-state index contributed by atoms with van der Waals surface area (Å²) in [5.74, 6) is -1.60. The minimum absolute atomic E-state index is 0.0432. The summed E-state index contributed by atoms with van der Waals surface area (Å²) >= 11 is 1.30. The maximum absolute atomic E-state index is 12.9. The lowest BCUT2D eigenvalue weighted by molar-refractivity contribution is 0.0989. The first kappa shape index (κ1) is 10.9. The molecule has 0 aliphatic heterocycles. The van der Waals surface area contributed by atoms with Gasteiger partial charge in [-0.05, 0) is 17.7 Å². The Bertz CT molecular complexity index is 490. The summed E-state index contributed by atoms with van der Waals surface area (Å²) in [5, 5.41) is 1.61. The van der Waals surface area contributed by atoms with E-state index in [1.807, 2.05) is 0 Å². The van der Waals surface area contributed by atoms with Crippen LogP contribution in [0.1, 0.15) is 16.1 Å². The van der Waals surface area contributed by atoms with Gasteiger partial charge >= 0.3 is 0 Å². The third kappa shape index (κ3) is 2.49. The molecular weight excluding hydrogens is 232 g/mol. The third-order valence-corrected chi connectivity index (χ3v) is 2.59. The van der Waals surface area contributed by atoms with Gasteiger partial charge in [0, 0.05) is 17.9 Å². The molecule has 0 fully saturated rings. The highest BCUT2D eigenvalue weighted by Crippen LogP contribution is 2.11. The molecule has 0 unspecified atom stereocenters. The fraction of sp³-hybridized carbons (Fsp3) is 0.0909. The first-order chi connectivity index (χ1) is 7.65. The standard InChI is InChI=1S/C11H7F2NOS/c12-8-1-7(2-9(13)4-8)3-11(15)10-5-16-6-14-10/h1-2,4-6H,3H2. The van der Waals surface area contributed by atoms with E-state index in [1.54, 1.807) is 10.9 Å². The van der Waals surface area contributed by atoms with Crippen LogP contribution in [0.4, 0.5) is 8.78 Å². The zero-order chi connectivity index (χ0) is 11.5. The van der Waals surface area contributed by atoms with Crippen LogP contribution in [-0.2, 0) is 6.42 Å². The van der Waals surface area contributed by atoms with Gasteiger partial charge in [0.1, 0.15) is 17.3 Å². The number of nitrogens with zero attached hydrogens (tertiary/aromatic N) is 1. The molecular formula is C11H7F2NOS. The summed E-state index contributed by atoms with van der Waals surface area (Å²) in [7, 11) is 0. The Morgan fingerprint density at radius 3 is 2.50 bits per heavy atom. The summed E-state index contributed by atoms with van der Waals surface area (Å²) in [6.45, 7) is 0. The fourth-order valence-corrected chi connectivity index (χ4v) is 1.90. The van der Waals surface area contributed by atoms with E-state index in [-0.39, 0.29) is 12.2 Å². The molecule has 0 saturated heterocycles. The van der Waals surface area contributed by atoms with Crippen LogP contribution in [0.5, 0.6) is 0 Å². The SMILES string of the molecule is O=C(Cc1cc(F)cc(F)c1)c1cscn1. The van der Waals surface area contributed by atoms with E-state index in [9.17, 15) is 13.6 Å². The van der Waals surface area contributed by atoms with Crippen LogP contribution in [0.25, 0.3) is 0 Å². The van der Waals surface area contributed by atoms with Gasteiger partial charge in [-0.2, -0.15) is 0 Å². The van der Waals surface area contributed by atoms with Gasteiger partial charge < -0.3 is 0 Å². The Labute approximate surface area is 94.6 Å². The molecule has 1 heterocycles. The summed E-state index contributed by atoms with van der Waals surface area (Å²) in [4.78, 5) is 15.4. The van der Waals surface area contributed by atoms with Crippen LogP contribution in [-0.4, -0.2) is 10.8 Å². The molecule has 0 N–H and O–H groups in total. The Balaban J connectivity index is 2.18. The van der Waals surface area contributed by atoms with E-state index in [0.717, 1.165) is 18.2 Å². The number of hydrogen-bond acceptors (Lipinski definition) is 3. The minimum Gasteiger partial charge on any atom is -0.292 e. The smallest absolute Gasteiger partial charge is 0.186 e. The van der Waals surface area contributed by atoms with Gasteiger partial charge in [-0.25, -0.2) is 13.8 Å². The van der Waals surface area contributed by atoms with Crippen molar-refractivity contribution in [1.29, 1.82) is 0 Å². The number of carbonyl (C=O) groups excluding carboxylic acids is 1. The predicted octanol–water partition coefficient (Wildman–Crippen LogP) is 2.85. The van der Waals surface area contributed by atoms with Crippen molar-refractivity contribution in [2.75, 3.05) is 0 Å². The second-order valence-electron chi connectivity index (χ2n) is 3.25. The second-order valence-corrected chi connectivity index (χ2v) is 3.97. The van der Waals surface area contributed by atoms with Gasteiger partial charge in [0.05, 0.1) is 5.51 Å². The number of hydrogen-bond donors (Lipinski definition) is 0. The van der Waals surface area contributed by atoms with Gasteiger partial charge in [-0.15, -0.1) is 11.3 Å². The van der Waals surface area contributed by atoms with Crippen molar-refractivity contribution in [1.82, 2.24) is 4.98 Å². The van der Waals surface area contributed by atoms with Crippen LogP contribution >= 0.6 is 11.3 Å². The van der Waals surface area contributed by atoms with E-state index in [2.05, 4.69) is 4.98 Å². The van der Waals surface area contributed by atoms with Gasteiger partial charge in [0.25, 0.3) is 0 Å². The normalized spacial score (nSPS) is 10.4. The average molecular weight is 239 g/mol. The molecule has 0 amide bonds. The monoisotopic (exact) mass is 239 g/mol. The van der Waals surface area contributed by atoms with Crippen LogP contribution in [0.2, 0.25) is 0 Å². The van der Waals surface area contributed by atoms with E-state index >= 15 is 0 Å². The van der Waals surface area contributed by atoms with Crippen LogP contribution < -0.4 is 0 Å². The highest BCUT2D eigenvalue weighted by Gasteiger charge is 2.10. The number of Topliss-reactive ketones (excluding diaryl/α,β-unsaturated/α-hetero) is 1. The van der Waals surface area contributed by atoms with E-state index < -0.39 is 11.6 Å². The summed E-state index contributed by atoms with van der Waals surface area (Å²) in [6.07, 6.45) is -0.0432. The van der Waals surface area contributed by atoms with Gasteiger partial charge in [0.2, 0.25) is 0 Å². The first-order valence-corrected chi connectivity index (χ1v) is 5.46. The van der Waals surface area contributed by atoms with Crippen LogP contribution in [0.15, 0.2) is 29.1 Å².